The van der Waals surface area contributed by atoms with Crippen LogP contribution in [0.5, 0.6) is 5.75 Å². The molecule has 2 heterocycles. The number of amides is 1. The van der Waals surface area contributed by atoms with Crippen LogP contribution >= 0.6 is 15.9 Å². The van der Waals surface area contributed by atoms with Crippen LogP contribution < -0.4 is 10.5 Å². The Morgan fingerprint density at radius 3 is 2.59 bits per heavy atom. The predicted molar refractivity (Wildman–Crippen MR) is 118 cm³/mol. The van der Waals surface area contributed by atoms with E-state index in [1.54, 1.807) is 0 Å². The molecule has 0 unspecified atom stereocenters. The molecule has 0 bridgehead atoms. The molecule has 0 atom stereocenters. The summed E-state index contributed by atoms with van der Waals surface area (Å²) in [7, 11) is 0. The number of nitrogens with two attached hydrogens (primary N) is 1. The summed E-state index contributed by atoms with van der Waals surface area (Å²) in [6.45, 7) is 2.72. The molecule has 2 N–H and O–H groups in total. The molecular weight excluding hydrogens is 428 g/mol. The van der Waals surface area contributed by atoms with Crippen molar-refractivity contribution in [2.75, 3.05) is 19.7 Å². The van der Waals surface area contributed by atoms with E-state index in [9.17, 15) is 4.79 Å². The molecule has 5 rings (SSSR count). The minimum Gasteiger partial charge on any atom is -0.492 e. The zero-order valence-corrected chi connectivity index (χ0v) is 17.7. The van der Waals surface area contributed by atoms with Gasteiger partial charge in [-0.05, 0) is 59.5 Å². The van der Waals surface area contributed by atoms with Crippen molar-refractivity contribution < 1.29 is 9.53 Å². The summed E-state index contributed by atoms with van der Waals surface area (Å²) >= 11 is 3.50. The maximum Gasteiger partial charge on any atom is 0.253 e. The summed E-state index contributed by atoms with van der Waals surface area (Å²) < 4.78 is 7.03. The monoisotopic (exact) mass is 450 g/mol. The fourth-order valence-corrected chi connectivity index (χ4v) is 5.00. The minimum atomic E-state index is 0.00690. The first-order valence-corrected chi connectivity index (χ1v) is 10.8. The van der Waals surface area contributed by atoms with Crippen LogP contribution in [0.15, 0.2) is 59.1 Å². The first-order valence-electron chi connectivity index (χ1n) is 10.0. The molecule has 1 amide bonds. The van der Waals surface area contributed by atoms with Crippen molar-refractivity contribution in [1.82, 2.24) is 4.90 Å². The zero-order valence-electron chi connectivity index (χ0n) is 16.2. The Bertz CT molecular complexity index is 1100. The van der Waals surface area contributed by atoms with Gasteiger partial charge in [-0.15, -0.1) is 0 Å². The normalized spacial score (nSPS) is 17.4. The van der Waals surface area contributed by atoms with Gasteiger partial charge in [0.15, 0.2) is 0 Å². The van der Waals surface area contributed by atoms with Crippen LogP contribution in [0, 0.1) is 0 Å². The Kier molecular flexibility index (Phi) is 4.60. The van der Waals surface area contributed by atoms with Gasteiger partial charge in [0.2, 0.25) is 0 Å². The summed E-state index contributed by atoms with van der Waals surface area (Å²) in [6, 6.07) is 18.3. The summed E-state index contributed by atoms with van der Waals surface area (Å²) in [5.41, 5.74) is 9.00. The third kappa shape index (κ3) is 3.22. The maximum absolute atomic E-state index is 13.1. The largest absolute Gasteiger partial charge is 0.492 e. The van der Waals surface area contributed by atoms with Gasteiger partial charge < -0.3 is 15.4 Å². The number of carbonyl (C=O) groups excluding carboxylic acids is 1. The van der Waals surface area contributed by atoms with E-state index < -0.39 is 0 Å². The molecule has 5 heteroatoms. The van der Waals surface area contributed by atoms with Crippen molar-refractivity contribution in [3.05, 3.63) is 75.8 Å². The standard InChI is InChI=1S/C24H23BrN2O2/c25-20-5-4-17-12-19(3-2-18(17)13-20)23(28)27-9-7-24(8-10-27)15-29-22-6-1-16(14-26)11-21(22)24/h1-6,11-13H,7-10,14-15,26H2. The average molecular weight is 451 g/mol. The number of likely N-dealkylation sites (tertiary alicyclic amines) is 1. The van der Waals surface area contributed by atoms with E-state index >= 15 is 0 Å². The Hall–Kier alpha value is -2.37. The average Bonchev–Trinajstić information content (AvgIpc) is 3.10. The Morgan fingerprint density at radius 2 is 1.79 bits per heavy atom. The number of carbonyl (C=O) groups is 1. The second-order valence-corrected chi connectivity index (χ2v) is 9.02. The lowest BCUT2D eigenvalue weighted by molar-refractivity contribution is 0.0646. The molecule has 0 radical (unpaired) electrons. The van der Waals surface area contributed by atoms with E-state index in [1.165, 1.54) is 5.56 Å². The van der Waals surface area contributed by atoms with E-state index in [0.717, 1.165) is 58.1 Å². The van der Waals surface area contributed by atoms with Crippen molar-refractivity contribution in [1.29, 1.82) is 0 Å². The molecule has 0 aliphatic carbocycles. The zero-order chi connectivity index (χ0) is 20.0. The van der Waals surface area contributed by atoms with E-state index in [1.807, 2.05) is 47.4 Å². The van der Waals surface area contributed by atoms with Crippen molar-refractivity contribution in [3.8, 4) is 5.75 Å². The second-order valence-electron chi connectivity index (χ2n) is 8.10. The molecule has 0 saturated carbocycles. The van der Waals surface area contributed by atoms with Crippen LogP contribution in [0.4, 0.5) is 0 Å². The highest BCUT2D eigenvalue weighted by Gasteiger charge is 2.43. The number of piperidine rings is 1. The molecule has 1 spiro atoms. The Labute approximate surface area is 178 Å². The molecule has 3 aromatic rings. The van der Waals surface area contributed by atoms with Gasteiger partial charge in [0.25, 0.3) is 5.91 Å². The predicted octanol–water partition coefficient (Wildman–Crippen LogP) is 4.63. The number of nitrogens with zero attached hydrogens (tertiary/aromatic N) is 1. The topological polar surface area (TPSA) is 55.6 Å². The summed E-state index contributed by atoms with van der Waals surface area (Å²) in [6.07, 6.45) is 1.83. The number of halogens is 1. The van der Waals surface area contributed by atoms with E-state index in [2.05, 4.69) is 28.1 Å². The number of hydrogen-bond acceptors (Lipinski definition) is 3. The van der Waals surface area contributed by atoms with Gasteiger partial charge in [0, 0.05) is 40.6 Å². The van der Waals surface area contributed by atoms with Crippen molar-refractivity contribution in [2.24, 2.45) is 5.73 Å². The third-order valence-corrected chi connectivity index (χ3v) is 6.91. The molecule has 4 nitrogen and oxygen atoms in total. The number of rotatable bonds is 2. The van der Waals surface area contributed by atoms with E-state index in [0.29, 0.717) is 13.2 Å². The molecule has 0 aromatic heterocycles. The highest BCUT2D eigenvalue weighted by atomic mass is 79.9. The third-order valence-electron chi connectivity index (χ3n) is 6.41. The van der Waals surface area contributed by atoms with Gasteiger partial charge in [0.05, 0.1) is 6.61 Å². The molecular formula is C24H23BrN2O2. The Morgan fingerprint density at radius 1 is 1.03 bits per heavy atom. The van der Waals surface area contributed by atoms with Gasteiger partial charge in [-0.3, -0.25) is 4.79 Å². The van der Waals surface area contributed by atoms with Gasteiger partial charge in [-0.2, -0.15) is 0 Å². The summed E-state index contributed by atoms with van der Waals surface area (Å²) in [4.78, 5) is 15.1. The number of ether oxygens (including phenoxy) is 1. The van der Waals surface area contributed by atoms with Crippen molar-refractivity contribution in [3.63, 3.8) is 0 Å². The molecule has 2 aliphatic heterocycles. The van der Waals surface area contributed by atoms with Crippen molar-refractivity contribution in [2.45, 2.75) is 24.8 Å². The molecule has 1 saturated heterocycles. The quantitative estimate of drug-likeness (QED) is 0.619. The van der Waals surface area contributed by atoms with Gasteiger partial charge in [-0.1, -0.05) is 40.2 Å². The van der Waals surface area contributed by atoms with E-state index in [4.69, 9.17) is 10.5 Å². The maximum atomic E-state index is 13.1. The Balaban J connectivity index is 1.35. The van der Waals surface area contributed by atoms with Crippen LogP contribution in [0.25, 0.3) is 10.8 Å². The summed E-state index contributed by atoms with van der Waals surface area (Å²) in [5.74, 6) is 1.09. The van der Waals surface area contributed by atoms with Crippen LogP contribution in [-0.2, 0) is 12.0 Å². The fraction of sp³-hybridized carbons (Fsp3) is 0.292. The van der Waals surface area contributed by atoms with Crippen LogP contribution in [0.1, 0.15) is 34.3 Å². The van der Waals surface area contributed by atoms with Crippen LogP contribution in [-0.4, -0.2) is 30.5 Å². The minimum absolute atomic E-state index is 0.00690. The lowest BCUT2D eigenvalue weighted by atomic mass is 9.74. The van der Waals surface area contributed by atoms with Crippen LogP contribution in [0.2, 0.25) is 0 Å². The fourth-order valence-electron chi connectivity index (χ4n) is 4.62. The van der Waals surface area contributed by atoms with Gasteiger partial charge in [-0.25, -0.2) is 0 Å². The number of hydrogen-bond donors (Lipinski definition) is 1. The first-order chi connectivity index (χ1) is 14.1. The molecule has 1 fully saturated rings. The first kappa shape index (κ1) is 18.6. The number of benzene rings is 3. The smallest absolute Gasteiger partial charge is 0.253 e. The molecule has 29 heavy (non-hydrogen) atoms. The molecule has 3 aromatic carbocycles. The molecule has 2 aliphatic rings. The van der Waals surface area contributed by atoms with Gasteiger partial charge in [0.1, 0.15) is 5.75 Å². The lowest BCUT2D eigenvalue weighted by Crippen LogP contribution is -2.46. The van der Waals surface area contributed by atoms with Gasteiger partial charge >= 0.3 is 0 Å². The lowest BCUT2D eigenvalue weighted by Gasteiger charge is -2.38. The van der Waals surface area contributed by atoms with Crippen molar-refractivity contribution >= 4 is 32.6 Å². The van der Waals surface area contributed by atoms with E-state index in [-0.39, 0.29) is 11.3 Å². The highest BCUT2D eigenvalue weighted by molar-refractivity contribution is 9.10. The molecule has 148 valence electrons. The highest BCUT2D eigenvalue weighted by Crippen LogP contribution is 2.46. The number of fused-ring (bicyclic) bond motifs is 3. The second kappa shape index (κ2) is 7.15. The SMILES string of the molecule is NCc1ccc2c(c1)C1(CCN(C(=O)c3ccc4cc(Br)ccc4c3)CC1)CO2. The summed E-state index contributed by atoms with van der Waals surface area (Å²) in [5, 5.41) is 2.21. The van der Waals surface area contributed by atoms with Crippen LogP contribution in [0.3, 0.4) is 0 Å².